The highest BCUT2D eigenvalue weighted by molar-refractivity contribution is 5.25. The molecule has 1 heteroatoms. The van der Waals surface area contributed by atoms with Crippen molar-refractivity contribution in [3.8, 4) is 0 Å². The number of allylic oxidation sites excluding steroid dienone is 6. The van der Waals surface area contributed by atoms with Crippen molar-refractivity contribution < 1.29 is 0 Å². The minimum atomic E-state index is -0.101. The van der Waals surface area contributed by atoms with Gasteiger partial charge in [0.1, 0.15) is 0 Å². The van der Waals surface area contributed by atoms with Crippen LogP contribution in [0.2, 0.25) is 0 Å². The van der Waals surface area contributed by atoms with Crippen molar-refractivity contribution in [2.24, 2.45) is 17.6 Å². The van der Waals surface area contributed by atoms with Crippen LogP contribution in [0.15, 0.2) is 36.0 Å². The molecule has 0 bridgehead atoms. The first-order valence-electron chi connectivity index (χ1n) is 6.57. The smallest absolute Gasteiger partial charge is 0.0123 e. The largest absolute Gasteiger partial charge is 0.325 e. The summed E-state index contributed by atoms with van der Waals surface area (Å²) < 4.78 is 0. The van der Waals surface area contributed by atoms with E-state index < -0.39 is 0 Å². The van der Waals surface area contributed by atoms with Crippen LogP contribution in [0.1, 0.15) is 48.0 Å². The van der Waals surface area contributed by atoms with Crippen molar-refractivity contribution in [2.75, 3.05) is 0 Å². The van der Waals surface area contributed by atoms with Crippen LogP contribution in [0.4, 0.5) is 0 Å². The van der Waals surface area contributed by atoms with Crippen LogP contribution in [-0.2, 0) is 0 Å². The van der Waals surface area contributed by atoms with E-state index in [2.05, 4.69) is 65.0 Å². The molecule has 0 rings (SSSR count). The van der Waals surface area contributed by atoms with Gasteiger partial charge < -0.3 is 5.73 Å². The van der Waals surface area contributed by atoms with Crippen LogP contribution >= 0.6 is 0 Å². The van der Waals surface area contributed by atoms with Gasteiger partial charge in [0.05, 0.1) is 0 Å². The average Bonchev–Trinajstić information content (AvgIpc) is 2.22. The molecular formula is C16H29N. The third-order valence-corrected chi connectivity index (χ3v) is 3.39. The van der Waals surface area contributed by atoms with Gasteiger partial charge in [-0.2, -0.15) is 0 Å². The summed E-state index contributed by atoms with van der Waals surface area (Å²) in [7, 11) is 0. The monoisotopic (exact) mass is 235 g/mol. The predicted octanol–water partition coefficient (Wildman–Crippen LogP) is 4.46. The van der Waals surface area contributed by atoms with Gasteiger partial charge in [-0.05, 0) is 51.5 Å². The van der Waals surface area contributed by atoms with E-state index in [1.807, 2.05) is 6.92 Å². The molecule has 0 aromatic heterocycles. The van der Waals surface area contributed by atoms with Crippen LogP contribution in [0.25, 0.3) is 0 Å². The molecule has 0 aliphatic carbocycles. The van der Waals surface area contributed by atoms with E-state index in [9.17, 15) is 0 Å². The molecule has 17 heavy (non-hydrogen) atoms. The standard InChI is InChI=1S/C16H29N/c1-7-9-11-15(10-8-2)13(3)12-14(4)16(5,6)17/h7-11,13-14H,12,17H2,1-6H3/b9-7-,10-8-,15-11+. The molecule has 0 saturated heterocycles. The number of nitrogens with two attached hydrogens (primary N) is 1. The van der Waals surface area contributed by atoms with Gasteiger partial charge in [0.15, 0.2) is 0 Å². The van der Waals surface area contributed by atoms with Crippen molar-refractivity contribution in [2.45, 2.75) is 53.5 Å². The van der Waals surface area contributed by atoms with Crippen molar-refractivity contribution in [3.05, 3.63) is 36.0 Å². The van der Waals surface area contributed by atoms with E-state index in [-0.39, 0.29) is 5.54 Å². The lowest BCUT2D eigenvalue weighted by atomic mass is 9.81. The fourth-order valence-electron chi connectivity index (χ4n) is 1.75. The molecule has 0 amide bonds. The van der Waals surface area contributed by atoms with Crippen LogP contribution in [-0.4, -0.2) is 5.54 Å². The lowest BCUT2D eigenvalue weighted by Gasteiger charge is -2.29. The highest BCUT2D eigenvalue weighted by Gasteiger charge is 2.23. The predicted molar refractivity (Wildman–Crippen MR) is 78.9 cm³/mol. The van der Waals surface area contributed by atoms with Crippen LogP contribution in [0.5, 0.6) is 0 Å². The molecule has 2 unspecified atom stereocenters. The fraction of sp³-hybridized carbons (Fsp3) is 0.625. The van der Waals surface area contributed by atoms with Gasteiger partial charge in [-0.15, -0.1) is 0 Å². The normalized spacial score (nSPS) is 17.9. The van der Waals surface area contributed by atoms with Gasteiger partial charge >= 0.3 is 0 Å². The Kier molecular flexibility index (Phi) is 7.13. The van der Waals surface area contributed by atoms with E-state index in [0.29, 0.717) is 11.8 Å². The summed E-state index contributed by atoms with van der Waals surface area (Å²) in [6, 6.07) is 0. The van der Waals surface area contributed by atoms with E-state index >= 15 is 0 Å². The first kappa shape index (κ1) is 16.2. The topological polar surface area (TPSA) is 26.0 Å². The summed E-state index contributed by atoms with van der Waals surface area (Å²) in [6.45, 7) is 12.8. The maximum atomic E-state index is 6.15. The lowest BCUT2D eigenvalue weighted by molar-refractivity contribution is 0.301. The maximum absolute atomic E-state index is 6.15. The number of hydrogen-bond donors (Lipinski definition) is 1. The highest BCUT2D eigenvalue weighted by Crippen LogP contribution is 2.26. The lowest BCUT2D eigenvalue weighted by Crippen LogP contribution is -2.40. The molecule has 1 nitrogen and oxygen atoms in total. The minimum Gasteiger partial charge on any atom is -0.325 e. The zero-order chi connectivity index (χ0) is 13.5. The average molecular weight is 235 g/mol. The van der Waals surface area contributed by atoms with E-state index in [1.54, 1.807) is 0 Å². The second-order valence-corrected chi connectivity index (χ2v) is 5.55. The Labute approximate surface area is 107 Å². The second-order valence-electron chi connectivity index (χ2n) is 5.55. The molecule has 0 aliphatic rings. The highest BCUT2D eigenvalue weighted by atomic mass is 14.7. The molecule has 98 valence electrons. The van der Waals surface area contributed by atoms with Gasteiger partial charge in [-0.1, -0.05) is 44.2 Å². The SMILES string of the molecule is C\C=C/C=C(\C=C/C)C(C)CC(C)C(C)(C)N. The van der Waals surface area contributed by atoms with E-state index in [4.69, 9.17) is 5.73 Å². The first-order chi connectivity index (χ1) is 7.82. The Hall–Kier alpha value is -0.820. The van der Waals surface area contributed by atoms with Crippen LogP contribution < -0.4 is 5.73 Å². The van der Waals surface area contributed by atoms with Gasteiger partial charge in [0.25, 0.3) is 0 Å². The van der Waals surface area contributed by atoms with Crippen LogP contribution in [0, 0.1) is 11.8 Å². The molecule has 2 N–H and O–H groups in total. The fourth-order valence-corrected chi connectivity index (χ4v) is 1.75. The Morgan fingerprint density at radius 1 is 1.18 bits per heavy atom. The number of rotatable bonds is 6. The quantitative estimate of drug-likeness (QED) is 0.676. The van der Waals surface area contributed by atoms with Crippen molar-refractivity contribution in [3.63, 3.8) is 0 Å². The van der Waals surface area contributed by atoms with Gasteiger partial charge in [-0.3, -0.25) is 0 Å². The zero-order valence-corrected chi connectivity index (χ0v) is 12.3. The van der Waals surface area contributed by atoms with Crippen molar-refractivity contribution in [1.29, 1.82) is 0 Å². The summed E-state index contributed by atoms with van der Waals surface area (Å²) in [4.78, 5) is 0. The third kappa shape index (κ3) is 6.48. The van der Waals surface area contributed by atoms with Gasteiger partial charge in [0, 0.05) is 5.54 Å². The summed E-state index contributed by atoms with van der Waals surface area (Å²) in [5.41, 5.74) is 7.43. The molecule has 2 atom stereocenters. The zero-order valence-electron chi connectivity index (χ0n) is 12.3. The third-order valence-electron chi connectivity index (χ3n) is 3.39. The summed E-state index contributed by atoms with van der Waals surface area (Å²) >= 11 is 0. The minimum absolute atomic E-state index is 0.101. The molecule has 0 heterocycles. The van der Waals surface area contributed by atoms with E-state index in [1.165, 1.54) is 5.57 Å². The first-order valence-corrected chi connectivity index (χ1v) is 6.57. The molecule has 0 saturated carbocycles. The molecule has 0 radical (unpaired) electrons. The summed E-state index contributed by atoms with van der Waals surface area (Å²) in [6.07, 6.45) is 11.8. The molecule has 0 aromatic rings. The van der Waals surface area contributed by atoms with Crippen molar-refractivity contribution >= 4 is 0 Å². The van der Waals surface area contributed by atoms with Gasteiger partial charge in [-0.25, -0.2) is 0 Å². The maximum Gasteiger partial charge on any atom is 0.0123 e. The van der Waals surface area contributed by atoms with Crippen LogP contribution in [0.3, 0.4) is 0 Å². The summed E-state index contributed by atoms with van der Waals surface area (Å²) in [5, 5.41) is 0. The van der Waals surface area contributed by atoms with Gasteiger partial charge in [0.2, 0.25) is 0 Å². The Morgan fingerprint density at radius 3 is 2.18 bits per heavy atom. The molecular weight excluding hydrogens is 206 g/mol. The van der Waals surface area contributed by atoms with E-state index in [0.717, 1.165) is 6.42 Å². The molecule has 0 aliphatic heterocycles. The number of hydrogen-bond acceptors (Lipinski definition) is 1. The van der Waals surface area contributed by atoms with Crippen molar-refractivity contribution in [1.82, 2.24) is 0 Å². The Morgan fingerprint density at radius 2 is 1.76 bits per heavy atom. The Bertz CT molecular complexity index is 289. The second kappa shape index (κ2) is 7.50. The molecule has 0 fully saturated rings. The Balaban J connectivity index is 4.70. The summed E-state index contributed by atoms with van der Waals surface area (Å²) in [5.74, 6) is 1.05. The molecule has 0 aromatic carbocycles. The molecule has 0 spiro atoms.